The minimum absolute atomic E-state index is 0.812. The minimum Gasteiger partial charge on any atom is -0.261 e. The predicted octanol–water partition coefficient (Wildman–Crippen LogP) is 9.75. The van der Waals surface area contributed by atoms with Crippen LogP contribution in [0.5, 0.6) is 0 Å². The Balaban J connectivity index is 0.000000379. The summed E-state index contributed by atoms with van der Waals surface area (Å²) >= 11 is 5.67. The number of nitrogens with zero attached hydrogens (tertiary/aromatic N) is 2. The maximum atomic E-state index is 5.67. The Labute approximate surface area is 211 Å². The number of aryl methyl sites for hydroxylation is 3. The first kappa shape index (κ1) is 27.3. The molecule has 0 heterocycles. The Bertz CT molecular complexity index is 1150. The molecule has 0 aliphatic heterocycles. The lowest BCUT2D eigenvalue weighted by Gasteiger charge is -2.12. The molecule has 0 radical (unpaired) electrons. The van der Waals surface area contributed by atoms with Gasteiger partial charge in [0, 0.05) is 22.5 Å². The molecule has 0 unspecified atom stereocenters. The molecule has 0 aromatic heterocycles. The number of aliphatic imine (C=N–C) groups is 2. The van der Waals surface area contributed by atoms with E-state index in [0.717, 1.165) is 58.1 Å². The smallest absolute Gasteiger partial charge is 0.0729 e. The maximum Gasteiger partial charge on any atom is 0.0729 e. The van der Waals surface area contributed by atoms with E-state index in [-0.39, 0.29) is 0 Å². The standard InChI is InChI=1S/C23H28N2.C8H9Cl/c1-7-11-19-12-9-10-13-20(19)18(6)25-23-15-22(24-8-2)17(5)14-21(23)16(3)4;1-2-7-3-5-8(9)6-4-7/h8-10,12-15H,3,7,11H2,1-2,4-6H3;3-6H,2H2,1H3. The molecule has 0 atom stereocenters. The number of allylic oxidation sites excluding steroid dienone is 1. The molecule has 0 aliphatic carbocycles. The largest absolute Gasteiger partial charge is 0.261 e. The van der Waals surface area contributed by atoms with Gasteiger partial charge in [0.25, 0.3) is 0 Å². The fraction of sp³-hybridized carbons (Fsp3) is 0.290. The van der Waals surface area contributed by atoms with Crippen molar-refractivity contribution in [2.45, 2.75) is 60.8 Å². The highest BCUT2D eigenvalue weighted by molar-refractivity contribution is 6.30. The predicted molar refractivity (Wildman–Crippen MR) is 153 cm³/mol. The molecule has 0 bridgehead atoms. The summed E-state index contributed by atoms with van der Waals surface area (Å²) in [6.07, 6.45) is 5.09. The third kappa shape index (κ3) is 7.81. The van der Waals surface area contributed by atoms with Crippen molar-refractivity contribution in [2.75, 3.05) is 0 Å². The summed E-state index contributed by atoms with van der Waals surface area (Å²) in [5.41, 5.74) is 10.1. The Morgan fingerprint density at radius 1 is 0.941 bits per heavy atom. The Hall–Kier alpha value is -2.97. The molecular formula is C31H37ClN2. The summed E-state index contributed by atoms with van der Waals surface area (Å²) in [4.78, 5) is 9.43. The van der Waals surface area contributed by atoms with Gasteiger partial charge in [-0.05, 0) is 92.6 Å². The van der Waals surface area contributed by atoms with E-state index in [1.165, 1.54) is 16.7 Å². The number of hydrogen-bond acceptors (Lipinski definition) is 2. The van der Waals surface area contributed by atoms with Gasteiger partial charge in [-0.2, -0.15) is 0 Å². The fourth-order valence-corrected chi connectivity index (χ4v) is 3.85. The number of rotatable bonds is 7. The topological polar surface area (TPSA) is 24.7 Å². The lowest BCUT2D eigenvalue weighted by Crippen LogP contribution is -2.01. The second-order valence-electron chi connectivity index (χ2n) is 8.41. The number of hydrogen-bond donors (Lipinski definition) is 0. The fourth-order valence-electron chi connectivity index (χ4n) is 3.72. The van der Waals surface area contributed by atoms with E-state index < -0.39 is 0 Å². The first-order chi connectivity index (χ1) is 16.3. The van der Waals surface area contributed by atoms with Crippen molar-refractivity contribution < 1.29 is 0 Å². The quantitative estimate of drug-likeness (QED) is 0.305. The SMILES string of the molecule is C=C(C)c1cc(C)c(N=CC)cc1N=C(C)c1ccccc1CCC.CCc1ccc(Cl)cc1. The zero-order valence-corrected chi connectivity index (χ0v) is 22.2. The van der Waals surface area contributed by atoms with Crippen LogP contribution in [0.1, 0.15) is 68.9 Å². The molecule has 3 aromatic rings. The van der Waals surface area contributed by atoms with Crippen LogP contribution in [-0.2, 0) is 12.8 Å². The third-order valence-electron chi connectivity index (χ3n) is 5.58. The van der Waals surface area contributed by atoms with Gasteiger partial charge < -0.3 is 0 Å². The second-order valence-corrected chi connectivity index (χ2v) is 8.84. The normalized spacial score (nSPS) is 11.3. The molecule has 0 spiro atoms. The molecule has 2 nitrogen and oxygen atoms in total. The van der Waals surface area contributed by atoms with Gasteiger partial charge in [-0.3, -0.25) is 9.98 Å². The van der Waals surface area contributed by atoms with Crippen LogP contribution in [0.3, 0.4) is 0 Å². The molecule has 0 aliphatic rings. The number of halogens is 1. The van der Waals surface area contributed by atoms with Crippen LogP contribution in [0.2, 0.25) is 5.02 Å². The van der Waals surface area contributed by atoms with Gasteiger partial charge in [0.15, 0.2) is 0 Å². The molecule has 3 rings (SSSR count). The lowest BCUT2D eigenvalue weighted by atomic mass is 9.99. The first-order valence-corrected chi connectivity index (χ1v) is 12.4. The van der Waals surface area contributed by atoms with Crippen LogP contribution < -0.4 is 0 Å². The van der Waals surface area contributed by atoms with Crippen molar-refractivity contribution in [2.24, 2.45) is 9.98 Å². The molecular weight excluding hydrogens is 436 g/mol. The minimum atomic E-state index is 0.812. The van der Waals surface area contributed by atoms with Crippen LogP contribution in [0.15, 0.2) is 77.2 Å². The molecule has 34 heavy (non-hydrogen) atoms. The molecule has 0 saturated heterocycles. The van der Waals surface area contributed by atoms with E-state index in [0.29, 0.717) is 0 Å². The summed E-state index contributed by atoms with van der Waals surface area (Å²) in [7, 11) is 0. The average molecular weight is 473 g/mol. The molecule has 0 fully saturated rings. The summed E-state index contributed by atoms with van der Waals surface area (Å²) in [5, 5.41) is 0.812. The van der Waals surface area contributed by atoms with E-state index in [9.17, 15) is 0 Å². The van der Waals surface area contributed by atoms with Gasteiger partial charge in [0.2, 0.25) is 0 Å². The van der Waals surface area contributed by atoms with Crippen LogP contribution in [0.4, 0.5) is 11.4 Å². The van der Waals surface area contributed by atoms with Crippen LogP contribution in [-0.4, -0.2) is 11.9 Å². The summed E-state index contributed by atoms with van der Waals surface area (Å²) in [5.74, 6) is 0. The van der Waals surface area contributed by atoms with Crippen LogP contribution in [0.25, 0.3) is 5.57 Å². The van der Waals surface area contributed by atoms with Gasteiger partial charge >= 0.3 is 0 Å². The summed E-state index contributed by atoms with van der Waals surface area (Å²) < 4.78 is 0. The highest BCUT2D eigenvalue weighted by atomic mass is 35.5. The lowest BCUT2D eigenvalue weighted by molar-refractivity contribution is 0.919. The van der Waals surface area contributed by atoms with Crippen LogP contribution >= 0.6 is 11.6 Å². The number of benzene rings is 3. The van der Waals surface area contributed by atoms with Gasteiger partial charge in [-0.25, -0.2) is 0 Å². The first-order valence-electron chi connectivity index (χ1n) is 12.0. The zero-order valence-electron chi connectivity index (χ0n) is 21.5. The molecule has 178 valence electrons. The van der Waals surface area contributed by atoms with E-state index in [2.05, 4.69) is 75.7 Å². The molecule has 3 heteroatoms. The third-order valence-corrected chi connectivity index (χ3v) is 5.83. The van der Waals surface area contributed by atoms with E-state index in [1.54, 1.807) is 0 Å². The van der Waals surface area contributed by atoms with Crippen molar-refractivity contribution in [3.63, 3.8) is 0 Å². The summed E-state index contributed by atoms with van der Waals surface area (Å²) in [6, 6.07) is 20.6. The molecule has 0 N–H and O–H groups in total. The van der Waals surface area contributed by atoms with Gasteiger partial charge in [-0.1, -0.05) is 74.8 Å². The maximum absolute atomic E-state index is 5.67. The van der Waals surface area contributed by atoms with Crippen molar-refractivity contribution >= 4 is 40.5 Å². The van der Waals surface area contributed by atoms with Gasteiger partial charge in [0.1, 0.15) is 0 Å². The zero-order chi connectivity index (χ0) is 25.1. The van der Waals surface area contributed by atoms with Crippen molar-refractivity contribution in [1.82, 2.24) is 0 Å². The van der Waals surface area contributed by atoms with Crippen molar-refractivity contribution in [3.8, 4) is 0 Å². The Kier molecular flexibility index (Phi) is 11.0. The van der Waals surface area contributed by atoms with Crippen molar-refractivity contribution in [3.05, 3.63) is 100 Å². The van der Waals surface area contributed by atoms with E-state index >= 15 is 0 Å². The van der Waals surface area contributed by atoms with E-state index in [1.807, 2.05) is 44.3 Å². The molecule has 3 aromatic carbocycles. The Morgan fingerprint density at radius 2 is 1.62 bits per heavy atom. The van der Waals surface area contributed by atoms with Gasteiger partial charge in [-0.15, -0.1) is 0 Å². The average Bonchev–Trinajstić information content (AvgIpc) is 2.82. The Morgan fingerprint density at radius 3 is 2.21 bits per heavy atom. The van der Waals surface area contributed by atoms with Crippen LogP contribution in [0, 0.1) is 6.92 Å². The second kappa shape index (κ2) is 13.7. The highest BCUT2D eigenvalue weighted by Gasteiger charge is 2.10. The van der Waals surface area contributed by atoms with Gasteiger partial charge in [0.05, 0.1) is 11.4 Å². The summed E-state index contributed by atoms with van der Waals surface area (Å²) in [6.45, 7) is 16.6. The monoisotopic (exact) mass is 472 g/mol. The van der Waals surface area contributed by atoms with E-state index in [4.69, 9.17) is 16.6 Å². The van der Waals surface area contributed by atoms with Crippen molar-refractivity contribution in [1.29, 1.82) is 0 Å². The molecule has 0 saturated carbocycles. The highest BCUT2D eigenvalue weighted by Crippen LogP contribution is 2.33. The molecule has 0 amide bonds.